The molecule has 0 saturated carbocycles. The molecule has 1 heterocycles. The monoisotopic (exact) mass is 273 g/mol. The van der Waals surface area contributed by atoms with Crippen LogP contribution in [0.4, 0.5) is 10.1 Å². The van der Waals surface area contributed by atoms with Gasteiger partial charge in [-0.3, -0.25) is 0 Å². The average molecular weight is 273 g/mol. The number of halogens is 1. The number of hydrogen-bond donors (Lipinski definition) is 2. The second kappa shape index (κ2) is 4.85. The second-order valence-electron chi connectivity index (χ2n) is 4.74. The summed E-state index contributed by atoms with van der Waals surface area (Å²) < 4.78 is 36.9. The van der Waals surface area contributed by atoms with Gasteiger partial charge in [-0.1, -0.05) is 12.1 Å². The normalized spacial score (nSPS) is 26.8. The smallest absolute Gasteiger partial charge is 0.152 e. The first-order valence-corrected chi connectivity index (χ1v) is 7.63. The minimum Gasteiger partial charge on any atom is -0.394 e. The predicted molar refractivity (Wildman–Crippen MR) is 67.7 cm³/mol. The van der Waals surface area contributed by atoms with Crippen LogP contribution >= 0.6 is 0 Å². The molecule has 2 N–H and O–H groups in total. The van der Waals surface area contributed by atoms with Crippen LogP contribution in [0.2, 0.25) is 0 Å². The van der Waals surface area contributed by atoms with Gasteiger partial charge in [0, 0.05) is 0 Å². The molecule has 1 fully saturated rings. The van der Waals surface area contributed by atoms with Crippen LogP contribution in [-0.2, 0) is 9.84 Å². The van der Waals surface area contributed by atoms with E-state index in [1.165, 1.54) is 12.1 Å². The lowest BCUT2D eigenvalue weighted by atomic mass is 9.96. The topological polar surface area (TPSA) is 66.4 Å². The highest BCUT2D eigenvalue weighted by molar-refractivity contribution is 7.91. The van der Waals surface area contributed by atoms with Crippen LogP contribution in [0.5, 0.6) is 0 Å². The van der Waals surface area contributed by atoms with E-state index < -0.39 is 21.2 Å². The van der Waals surface area contributed by atoms with Gasteiger partial charge in [0.2, 0.25) is 0 Å². The molecule has 1 aromatic carbocycles. The van der Waals surface area contributed by atoms with Gasteiger partial charge in [-0.2, -0.15) is 0 Å². The van der Waals surface area contributed by atoms with Gasteiger partial charge < -0.3 is 10.4 Å². The molecule has 0 aliphatic carbocycles. The second-order valence-corrected chi connectivity index (χ2v) is 6.92. The Labute approximate surface area is 106 Å². The zero-order valence-electron chi connectivity index (χ0n) is 9.89. The molecule has 0 aromatic heterocycles. The lowest BCUT2D eigenvalue weighted by molar-refractivity contribution is 0.212. The van der Waals surface area contributed by atoms with Gasteiger partial charge in [-0.05, 0) is 25.0 Å². The number of para-hydroxylation sites is 1. The molecular weight excluding hydrogens is 257 g/mol. The number of anilines is 1. The number of nitrogens with one attached hydrogen (secondary N) is 1. The molecule has 100 valence electrons. The SMILES string of the molecule is O=S1(=O)CCCC(CO)(Nc2ccccc2F)C1. The number of aliphatic hydroxyl groups is 1. The van der Waals surface area contributed by atoms with Crippen molar-refractivity contribution in [1.29, 1.82) is 0 Å². The van der Waals surface area contributed by atoms with Crippen molar-refractivity contribution in [2.24, 2.45) is 0 Å². The van der Waals surface area contributed by atoms with E-state index in [-0.39, 0.29) is 23.8 Å². The first-order valence-electron chi connectivity index (χ1n) is 5.80. The lowest BCUT2D eigenvalue weighted by Crippen LogP contribution is -2.51. The summed E-state index contributed by atoms with van der Waals surface area (Å²) in [7, 11) is -3.18. The van der Waals surface area contributed by atoms with E-state index >= 15 is 0 Å². The molecule has 0 amide bonds. The minimum atomic E-state index is -3.18. The Hall–Kier alpha value is -1.14. The fourth-order valence-corrected chi connectivity index (χ4v) is 4.19. The number of rotatable bonds is 3. The molecule has 1 atom stereocenters. The minimum absolute atomic E-state index is 0.133. The van der Waals surface area contributed by atoms with Gasteiger partial charge in [0.05, 0.1) is 29.3 Å². The van der Waals surface area contributed by atoms with Crippen LogP contribution in [0.25, 0.3) is 0 Å². The van der Waals surface area contributed by atoms with Crippen molar-refractivity contribution in [3.63, 3.8) is 0 Å². The first-order chi connectivity index (χ1) is 8.46. The van der Waals surface area contributed by atoms with Crippen molar-refractivity contribution in [2.75, 3.05) is 23.4 Å². The number of hydrogen-bond acceptors (Lipinski definition) is 4. The zero-order chi connectivity index (χ0) is 13.2. The van der Waals surface area contributed by atoms with E-state index in [0.29, 0.717) is 12.8 Å². The molecule has 0 spiro atoms. The van der Waals surface area contributed by atoms with Crippen molar-refractivity contribution < 1.29 is 17.9 Å². The van der Waals surface area contributed by atoms with Gasteiger partial charge in [0.1, 0.15) is 5.82 Å². The molecule has 1 saturated heterocycles. The molecule has 4 nitrogen and oxygen atoms in total. The maximum atomic E-state index is 13.5. The van der Waals surface area contributed by atoms with Gasteiger partial charge in [-0.25, -0.2) is 12.8 Å². The molecule has 1 aromatic rings. The Morgan fingerprint density at radius 2 is 2.11 bits per heavy atom. The summed E-state index contributed by atoms with van der Waals surface area (Å²) in [5.41, 5.74) is -0.747. The van der Waals surface area contributed by atoms with E-state index in [1.807, 2.05) is 0 Å². The Morgan fingerprint density at radius 3 is 2.72 bits per heavy atom. The van der Waals surface area contributed by atoms with E-state index in [0.717, 1.165) is 0 Å². The fourth-order valence-electron chi connectivity index (χ4n) is 2.31. The average Bonchev–Trinajstić information content (AvgIpc) is 2.31. The number of aliphatic hydroxyl groups excluding tert-OH is 1. The molecule has 0 radical (unpaired) electrons. The van der Waals surface area contributed by atoms with Crippen LogP contribution in [0.15, 0.2) is 24.3 Å². The van der Waals surface area contributed by atoms with Crippen LogP contribution in [-0.4, -0.2) is 37.2 Å². The van der Waals surface area contributed by atoms with Gasteiger partial charge >= 0.3 is 0 Å². The maximum Gasteiger partial charge on any atom is 0.152 e. The number of benzene rings is 1. The van der Waals surface area contributed by atoms with Gasteiger partial charge in [0.25, 0.3) is 0 Å². The van der Waals surface area contributed by atoms with Crippen LogP contribution in [0, 0.1) is 5.82 Å². The van der Waals surface area contributed by atoms with Crippen molar-refractivity contribution in [1.82, 2.24) is 0 Å². The summed E-state index contributed by atoms with van der Waals surface area (Å²) >= 11 is 0. The van der Waals surface area contributed by atoms with Gasteiger partial charge in [-0.15, -0.1) is 0 Å². The summed E-state index contributed by atoms with van der Waals surface area (Å²) in [6, 6.07) is 6.05. The van der Waals surface area contributed by atoms with Crippen LogP contribution < -0.4 is 5.32 Å². The number of sulfone groups is 1. The van der Waals surface area contributed by atoms with E-state index in [1.54, 1.807) is 12.1 Å². The summed E-state index contributed by atoms with van der Waals surface area (Å²) in [4.78, 5) is 0. The Morgan fingerprint density at radius 1 is 1.39 bits per heavy atom. The third kappa shape index (κ3) is 2.81. The highest BCUT2D eigenvalue weighted by Gasteiger charge is 2.38. The zero-order valence-corrected chi connectivity index (χ0v) is 10.7. The van der Waals surface area contributed by atoms with Crippen molar-refractivity contribution in [3.05, 3.63) is 30.1 Å². The van der Waals surface area contributed by atoms with Crippen molar-refractivity contribution in [3.8, 4) is 0 Å². The summed E-state index contributed by atoms with van der Waals surface area (Å²) in [6.45, 7) is -0.333. The first kappa shape index (κ1) is 13.3. The molecular formula is C12H16FNO3S. The quantitative estimate of drug-likeness (QED) is 0.868. The summed E-state index contributed by atoms with van der Waals surface area (Å²) in [5.74, 6) is -0.480. The largest absolute Gasteiger partial charge is 0.394 e. The van der Waals surface area contributed by atoms with E-state index in [2.05, 4.69) is 5.32 Å². The lowest BCUT2D eigenvalue weighted by Gasteiger charge is -2.37. The third-order valence-electron chi connectivity index (χ3n) is 3.18. The molecule has 2 rings (SSSR count). The highest BCUT2D eigenvalue weighted by Crippen LogP contribution is 2.28. The van der Waals surface area contributed by atoms with E-state index in [4.69, 9.17) is 0 Å². The summed E-state index contributed by atoms with van der Waals surface area (Å²) in [6.07, 6.45) is 0.988. The molecule has 1 aliphatic heterocycles. The Balaban J connectivity index is 2.26. The van der Waals surface area contributed by atoms with Crippen LogP contribution in [0.3, 0.4) is 0 Å². The fraction of sp³-hybridized carbons (Fsp3) is 0.500. The molecule has 0 bridgehead atoms. The molecule has 18 heavy (non-hydrogen) atoms. The third-order valence-corrected chi connectivity index (χ3v) is 5.09. The van der Waals surface area contributed by atoms with Crippen molar-refractivity contribution in [2.45, 2.75) is 18.4 Å². The van der Waals surface area contributed by atoms with Crippen LogP contribution in [0.1, 0.15) is 12.8 Å². The van der Waals surface area contributed by atoms with E-state index in [9.17, 15) is 17.9 Å². The molecule has 6 heteroatoms. The molecule has 1 aliphatic rings. The highest BCUT2D eigenvalue weighted by atomic mass is 32.2. The van der Waals surface area contributed by atoms with Crippen molar-refractivity contribution >= 4 is 15.5 Å². The maximum absolute atomic E-state index is 13.5. The Kier molecular flexibility index (Phi) is 3.59. The molecule has 1 unspecified atom stereocenters. The summed E-state index contributed by atoms with van der Waals surface area (Å²) in [5, 5.41) is 12.3. The Bertz CT molecular complexity index is 532. The standard InChI is InChI=1S/C12H16FNO3S/c13-10-4-1-2-5-11(10)14-12(8-15)6-3-7-18(16,17)9-12/h1-2,4-5,14-15H,3,6-9H2. The predicted octanol–water partition coefficient (Wildman–Crippen LogP) is 1.18. The van der Waals surface area contributed by atoms with Gasteiger partial charge in [0.15, 0.2) is 9.84 Å².